The van der Waals surface area contributed by atoms with E-state index in [4.69, 9.17) is 5.73 Å². The van der Waals surface area contributed by atoms with Crippen molar-refractivity contribution in [3.05, 3.63) is 0 Å². The first-order chi connectivity index (χ1) is 7.02. The van der Waals surface area contributed by atoms with E-state index in [2.05, 4.69) is 12.2 Å². The third kappa shape index (κ3) is 4.65. The van der Waals surface area contributed by atoms with Crippen LogP contribution < -0.4 is 11.1 Å². The van der Waals surface area contributed by atoms with Gasteiger partial charge in [-0.2, -0.15) is 0 Å². The van der Waals surface area contributed by atoms with Gasteiger partial charge in [0.2, 0.25) is 5.91 Å². The zero-order chi connectivity index (χ0) is 11.3. The summed E-state index contributed by atoms with van der Waals surface area (Å²) in [5.74, 6) is 0.164. The lowest BCUT2D eigenvalue weighted by atomic mass is 9.83. The molecule has 3 nitrogen and oxygen atoms in total. The van der Waals surface area contributed by atoms with Gasteiger partial charge in [-0.3, -0.25) is 4.79 Å². The number of hydrogen-bond donors (Lipinski definition) is 2. The van der Waals surface area contributed by atoms with Crippen LogP contribution in [0.2, 0.25) is 0 Å². The average Bonchev–Trinajstić information content (AvgIpc) is 2.15. The summed E-state index contributed by atoms with van der Waals surface area (Å²) in [5, 5.41) is 3.16. The van der Waals surface area contributed by atoms with Gasteiger partial charge in [-0.05, 0) is 33.1 Å². The van der Waals surface area contributed by atoms with E-state index < -0.39 is 0 Å². The molecule has 15 heavy (non-hydrogen) atoms. The first kappa shape index (κ1) is 12.5. The van der Waals surface area contributed by atoms with Crippen LogP contribution in [0.3, 0.4) is 0 Å². The van der Waals surface area contributed by atoms with Gasteiger partial charge in [0.1, 0.15) is 0 Å². The van der Waals surface area contributed by atoms with Crippen molar-refractivity contribution in [3.63, 3.8) is 0 Å². The molecule has 0 aliphatic heterocycles. The van der Waals surface area contributed by atoms with Crippen LogP contribution in [0.4, 0.5) is 0 Å². The largest absolute Gasteiger partial charge is 0.351 e. The molecular weight excluding hydrogens is 188 g/mol. The second-order valence-electron chi connectivity index (χ2n) is 5.19. The molecule has 88 valence electrons. The lowest BCUT2D eigenvalue weighted by Crippen LogP contribution is -2.47. The van der Waals surface area contributed by atoms with Crippen molar-refractivity contribution in [3.8, 4) is 0 Å². The normalized spacial score (nSPS) is 22.1. The third-order valence-corrected chi connectivity index (χ3v) is 3.23. The van der Waals surface area contributed by atoms with Gasteiger partial charge in [-0.15, -0.1) is 0 Å². The zero-order valence-corrected chi connectivity index (χ0v) is 10.0. The van der Waals surface area contributed by atoms with Gasteiger partial charge in [-0.1, -0.05) is 19.3 Å². The van der Waals surface area contributed by atoms with E-state index >= 15 is 0 Å². The smallest absolute Gasteiger partial charge is 0.220 e. The van der Waals surface area contributed by atoms with Gasteiger partial charge in [-0.25, -0.2) is 0 Å². The molecule has 0 radical (unpaired) electrons. The SMILES string of the molecule is CC(N)CCC(=O)NC1(C)CCCCC1. The highest BCUT2D eigenvalue weighted by Gasteiger charge is 2.27. The summed E-state index contributed by atoms with van der Waals surface area (Å²) in [7, 11) is 0. The maximum atomic E-state index is 11.7. The monoisotopic (exact) mass is 212 g/mol. The lowest BCUT2D eigenvalue weighted by molar-refractivity contribution is -0.123. The molecule has 1 rings (SSSR count). The van der Waals surface area contributed by atoms with Crippen LogP contribution in [-0.2, 0) is 4.79 Å². The summed E-state index contributed by atoms with van der Waals surface area (Å²) in [6, 6.07) is 0.120. The highest BCUT2D eigenvalue weighted by atomic mass is 16.1. The Morgan fingerprint density at radius 2 is 2.00 bits per heavy atom. The Bertz CT molecular complexity index is 208. The fourth-order valence-corrected chi connectivity index (χ4v) is 2.21. The van der Waals surface area contributed by atoms with Crippen molar-refractivity contribution in [1.29, 1.82) is 0 Å². The van der Waals surface area contributed by atoms with Crippen LogP contribution in [0.15, 0.2) is 0 Å². The van der Waals surface area contributed by atoms with E-state index in [-0.39, 0.29) is 17.5 Å². The van der Waals surface area contributed by atoms with Crippen molar-refractivity contribution in [1.82, 2.24) is 5.32 Å². The summed E-state index contributed by atoms with van der Waals surface area (Å²) >= 11 is 0. The van der Waals surface area contributed by atoms with Crippen molar-refractivity contribution in [2.45, 2.75) is 70.4 Å². The Morgan fingerprint density at radius 1 is 1.40 bits per heavy atom. The maximum absolute atomic E-state index is 11.7. The topological polar surface area (TPSA) is 55.1 Å². The first-order valence-electron chi connectivity index (χ1n) is 6.08. The molecule has 1 amide bonds. The van der Waals surface area contributed by atoms with Crippen molar-refractivity contribution < 1.29 is 4.79 Å². The van der Waals surface area contributed by atoms with Gasteiger partial charge < -0.3 is 11.1 Å². The van der Waals surface area contributed by atoms with Gasteiger partial charge in [0.25, 0.3) is 0 Å². The maximum Gasteiger partial charge on any atom is 0.220 e. The summed E-state index contributed by atoms with van der Waals surface area (Å²) in [5.41, 5.74) is 5.68. The molecule has 0 aromatic rings. The predicted molar refractivity (Wildman–Crippen MR) is 62.5 cm³/mol. The molecule has 0 aromatic carbocycles. The molecule has 3 heteroatoms. The molecule has 1 atom stereocenters. The standard InChI is InChI=1S/C12H24N2O/c1-10(13)6-7-11(15)14-12(2)8-4-3-5-9-12/h10H,3-9,13H2,1-2H3,(H,14,15). The Morgan fingerprint density at radius 3 is 2.53 bits per heavy atom. The second kappa shape index (κ2) is 5.50. The summed E-state index contributed by atoms with van der Waals surface area (Å²) in [6.07, 6.45) is 7.38. The van der Waals surface area contributed by atoms with Crippen molar-refractivity contribution in [2.24, 2.45) is 5.73 Å². The van der Waals surface area contributed by atoms with E-state index in [0.717, 1.165) is 19.3 Å². The van der Waals surface area contributed by atoms with Crippen LogP contribution >= 0.6 is 0 Å². The van der Waals surface area contributed by atoms with Gasteiger partial charge in [0.15, 0.2) is 0 Å². The molecule has 1 unspecified atom stereocenters. The number of hydrogen-bond acceptors (Lipinski definition) is 2. The van der Waals surface area contributed by atoms with Crippen LogP contribution in [-0.4, -0.2) is 17.5 Å². The molecular formula is C12H24N2O. The summed E-state index contributed by atoms with van der Waals surface area (Å²) < 4.78 is 0. The Balaban J connectivity index is 2.29. The van der Waals surface area contributed by atoms with E-state index in [9.17, 15) is 4.79 Å². The molecule has 3 N–H and O–H groups in total. The number of amides is 1. The highest BCUT2D eigenvalue weighted by Crippen LogP contribution is 2.27. The van der Waals surface area contributed by atoms with Crippen LogP contribution in [0, 0.1) is 0 Å². The number of nitrogens with two attached hydrogens (primary N) is 1. The van der Waals surface area contributed by atoms with Gasteiger partial charge in [0, 0.05) is 18.0 Å². The predicted octanol–water partition coefficient (Wildman–Crippen LogP) is 1.95. The average molecular weight is 212 g/mol. The quantitative estimate of drug-likeness (QED) is 0.748. The summed E-state index contributed by atoms with van der Waals surface area (Å²) in [6.45, 7) is 4.10. The number of nitrogens with one attached hydrogen (secondary N) is 1. The van der Waals surface area contributed by atoms with E-state index in [1.54, 1.807) is 0 Å². The fourth-order valence-electron chi connectivity index (χ4n) is 2.21. The molecule has 0 bridgehead atoms. The summed E-state index contributed by atoms with van der Waals surface area (Å²) in [4.78, 5) is 11.7. The van der Waals surface area contributed by atoms with Crippen molar-refractivity contribution in [2.75, 3.05) is 0 Å². The molecule has 0 heterocycles. The fraction of sp³-hybridized carbons (Fsp3) is 0.917. The Hall–Kier alpha value is -0.570. The lowest BCUT2D eigenvalue weighted by Gasteiger charge is -2.34. The molecule has 1 fully saturated rings. The number of carbonyl (C=O) groups is 1. The van der Waals surface area contributed by atoms with E-state index in [0.29, 0.717) is 6.42 Å². The minimum atomic E-state index is 0.0488. The third-order valence-electron chi connectivity index (χ3n) is 3.23. The highest BCUT2D eigenvalue weighted by molar-refractivity contribution is 5.76. The van der Waals surface area contributed by atoms with Crippen LogP contribution in [0.5, 0.6) is 0 Å². The number of carbonyl (C=O) groups excluding carboxylic acids is 1. The van der Waals surface area contributed by atoms with Crippen molar-refractivity contribution >= 4 is 5.91 Å². The van der Waals surface area contributed by atoms with Gasteiger partial charge >= 0.3 is 0 Å². The van der Waals surface area contributed by atoms with Crippen LogP contribution in [0.25, 0.3) is 0 Å². The first-order valence-corrected chi connectivity index (χ1v) is 6.08. The zero-order valence-electron chi connectivity index (χ0n) is 10.0. The minimum Gasteiger partial charge on any atom is -0.351 e. The molecule has 0 saturated heterocycles. The van der Waals surface area contributed by atoms with E-state index in [1.165, 1.54) is 19.3 Å². The second-order valence-corrected chi connectivity index (χ2v) is 5.19. The Kier molecular flexibility index (Phi) is 4.58. The molecule has 1 saturated carbocycles. The molecule has 0 spiro atoms. The molecule has 1 aliphatic carbocycles. The van der Waals surface area contributed by atoms with E-state index in [1.807, 2.05) is 6.92 Å². The molecule has 1 aliphatic rings. The molecule has 0 aromatic heterocycles. The number of rotatable bonds is 4. The van der Waals surface area contributed by atoms with Gasteiger partial charge in [0.05, 0.1) is 0 Å². The Labute approximate surface area is 92.8 Å². The van der Waals surface area contributed by atoms with Crippen LogP contribution in [0.1, 0.15) is 58.8 Å². The minimum absolute atomic E-state index is 0.0488.